The maximum Gasteiger partial charge on any atom is 0.197 e. The molecule has 13 heavy (non-hydrogen) atoms. The number of hydrogen-bond donors (Lipinski definition) is 1. The van der Waals surface area contributed by atoms with Gasteiger partial charge in [-0.05, 0) is 18.3 Å². The Balaban J connectivity index is 2.64. The molecule has 0 aliphatic heterocycles. The summed E-state index contributed by atoms with van der Waals surface area (Å²) in [5.74, 6) is -0.449. The van der Waals surface area contributed by atoms with Gasteiger partial charge in [0, 0.05) is 5.56 Å². The van der Waals surface area contributed by atoms with E-state index in [9.17, 15) is 4.39 Å². The van der Waals surface area contributed by atoms with Gasteiger partial charge >= 0.3 is 0 Å². The molecule has 3 nitrogen and oxygen atoms in total. The number of H-pyrrole nitrogens is 1. The minimum Gasteiger partial charge on any atom is -0.472 e. The second kappa shape index (κ2) is 3.10. The molecular weight excluding hydrogens is 191 g/mol. The SMILES string of the molecule is Fc1cnc(=S)[nH]c1-c1ccoc1. The molecule has 0 aromatic carbocycles. The highest BCUT2D eigenvalue weighted by Gasteiger charge is 2.05. The molecule has 2 rings (SSSR count). The van der Waals surface area contributed by atoms with E-state index in [-0.39, 0.29) is 4.77 Å². The van der Waals surface area contributed by atoms with Gasteiger partial charge in [-0.25, -0.2) is 9.37 Å². The fourth-order valence-electron chi connectivity index (χ4n) is 0.996. The van der Waals surface area contributed by atoms with Gasteiger partial charge in [0.2, 0.25) is 0 Å². The smallest absolute Gasteiger partial charge is 0.197 e. The van der Waals surface area contributed by atoms with Crippen LogP contribution in [0.15, 0.2) is 29.2 Å². The van der Waals surface area contributed by atoms with Gasteiger partial charge < -0.3 is 9.40 Å². The van der Waals surface area contributed by atoms with E-state index in [1.165, 1.54) is 12.5 Å². The first-order valence-corrected chi connectivity index (χ1v) is 3.95. The Morgan fingerprint density at radius 3 is 3.08 bits per heavy atom. The van der Waals surface area contributed by atoms with Crippen molar-refractivity contribution in [3.8, 4) is 11.3 Å². The lowest BCUT2D eigenvalue weighted by Gasteiger charge is -1.97. The van der Waals surface area contributed by atoms with E-state index in [1.54, 1.807) is 6.07 Å². The van der Waals surface area contributed by atoms with E-state index in [2.05, 4.69) is 9.97 Å². The van der Waals surface area contributed by atoms with Crippen LogP contribution in [-0.2, 0) is 0 Å². The second-order valence-electron chi connectivity index (χ2n) is 2.42. The number of halogens is 1. The molecule has 66 valence electrons. The predicted molar refractivity (Wildman–Crippen MR) is 47.1 cm³/mol. The molecule has 0 fully saturated rings. The summed E-state index contributed by atoms with van der Waals surface area (Å²) in [5, 5.41) is 0. The largest absolute Gasteiger partial charge is 0.472 e. The molecular formula is C8H5FN2OS. The number of hydrogen-bond acceptors (Lipinski definition) is 3. The van der Waals surface area contributed by atoms with Crippen LogP contribution >= 0.6 is 12.2 Å². The molecule has 2 aromatic heterocycles. The summed E-state index contributed by atoms with van der Waals surface area (Å²) in [5.41, 5.74) is 0.916. The summed E-state index contributed by atoms with van der Waals surface area (Å²) < 4.78 is 18.2. The molecule has 0 bridgehead atoms. The van der Waals surface area contributed by atoms with Gasteiger partial charge in [0.25, 0.3) is 0 Å². The third kappa shape index (κ3) is 1.50. The summed E-state index contributed by atoms with van der Waals surface area (Å²) in [6.07, 6.45) is 3.98. The maximum atomic E-state index is 13.2. The van der Waals surface area contributed by atoms with Crippen LogP contribution in [0.3, 0.4) is 0 Å². The van der Waals surface area contributed by atoms with Gasteiger partial charge in [0.1, 0.15) is 0 Å². The summed E-state index contributed by atoms with van der Waals surface area (Å²) in [6, 6.07) is 1.64. The number of aromatic nitrogens is 2. The fraction of sp³-hybridized carbons (Fsp3) is 0. The highest BCUT2D eigenvalue weighted by Crippen LogP contribution is 2.19. The van der Waals surface area contributed by atoms with E-state index < -0.39 is 5.82 Å². The minimum atomic E-state index is -0.449. The second-order valence-corrected chi connectivity index (χ2v) is 2.81. The Bertz CT molecular complexity index is 463. The number of furan rings is 1. The molecule has 0 spiro atoms. The quantitative estimate of drug-likeness (QED) is 0.712. The average Bonchev–Trinajstić information content (AvgIpc) is 2.61. The normalized spacial score (nSPS) is 10.2. The van der Waals surface area contributed by atoms with Crippen LogP contribution in [0.4, 0.5) is 4.39 Å². The Hall–Kier alpha value is -1.49. The van der Waals surface area contributed by atoms with Crippen molar-refractivity contribution < 1.29 is 8.81 Å². The zero-order chi connectivity index (χ0) is 9.26. The molecule has 0 aliphatic carbocycles. The monoisotopic (exact) mass is 196 g/mol. The van der Waals surface area contributed by atoms with Crippen molar-refractivity contribution in [2.75, 3.05) is 0 Å². The molecule has 0 saturated heterocycles. The lowest BCUT2D eigenvalue weighted by atomic mass is 10.2. The standard InChI is InChI=1S/C8H5FN2OS/c9-6-3-10-8(13)11-7(6)5-1-2-12-4-5/h1-4H,(H,10,11,13). The van der Waals surface area contributed by atoms with E-state index in [0.29, 0.717) is 11.3 Å². The molecule has 1 N–H and O–H groups in total. The molecule has 2 heterocycles. The van der Waals surface area contributed by atoms with Crippen LogP contribution in [0.25, 0.3) is 11.3 Å². The zero-order valence-electron chi connectivity index (χ0n) is 6.45. The Morgan fingerprint density at radius 1 is 1.54 bits per heavy atom. The predicted octanol–water partition coefficient (Wildman–Crippen LogP) is 2.54. The third-order valence-corrected chi connectivity index (χ3v) is 1.78. The number of rotatable bonds is 1. The molecule has 0 atom stereocenters. The Labute approximate surface area is 78.2 Å². The van der Waals surface area contributed by atoms with Crippen molar-refractivity contribution in [3.05, 3.63) is 35.4 Å². The first-order valence-electron chi connectivity index (χ1n) is 3.55. The minimum absolute atomic E-state index is 0.248. The van der Waals surface area contributed by atoms with Crippen molar-refractivity contribution in [1.82, 2.24) is 9.97 Å². The van der Waals surface area contributed by atoms with Crippen molar-refractivity contribution in [1.29, 1.82) is 0 Å². The summed E-state index contributed by atoms with van der Waals surface area (Å²) in [4.78, 5) is 6.25. The van der Waals surface area contributed by atoms with E-state index in [0.717, 1.165) is 6.20 Å². The lowest BCUT2D eigenvalue weighted by Crippen LogP contribution is -1.90. The Kier molecular flexibility index (Phi) is 1.94. The zero-order valence-corrected chi connectivity index (χ0v) is 7.27. The topological polar surface area (TPSA) is 41.8 Å². The van der Waals surface area contributed by atoms with Crippen LogP contribution in [-0.4, -0.2) is 9.97 Å². The number of aromatic amines is 1. The molecule has 2 aromatic rings. The van der Waals surface area contributed by atoms with Gasteiger partial charge in [-0.2, -0.15) is 0 Å². The summed E-state index contributed by atoms with van der Waals surface area (Å²) in [7, 11) is 0. The molecule has 0 unspecified atom stereocenters. The van der Waals surface area contributed by atoms with E-state index in [1.807, 2.05) is 0 Å². The first-order chi connectivity index (χ1) is 6.27. The molecule has 0 saturated carbocycles. The highest BCUT2D eigenvalue weighted by molar-refractivity contribution is 7.71. The molecule has 0 radical (unpaired) electrons. The summed E-state index contributed by atoms with van der Waals surface area (Å²) in [6.45, 7) is 0. The van der Waals surface area contributed by atoms with Crippen LogP contribution in [0, 0.1) is 10.6 Å². The van der Waals surface area contributed by atoms with Gasteiger partial charge in [-0.1, -0.05) is 0 Å². The number of nitrogens with zero attached hydrogens (tertiary/aromatic N) is 1. The van der Waals surface area contributed by atoms with Crippen molar-refractivity contribution in [3.63, 3.8) is 0 Å². The van der Waals surface area contributed by atoms with Crippen LogP contribution < -0.4 is 0 Å². The van der Waals surface area contributed by atoms with E-state index in [4.69, 9.17) is 16.6 Å². The molecule has 5 heteroatoms. The summed E-state index contributed by atoms with van der Waals surface area (Å²) >= 11 is 4.77. The lowest BCUT2D eigenvalue weighted by molar-refractivity contribution is 0.567. The van der Waals surface area contributed by atoms with Crippen LogP contribution in [0.1, 0.15) is 0 Å². The highest BCUT2D eigenvalue weighted by atomic mass is 32.1. The Morgan fingerprint density at radius 2 is 2.38 bits per heavy atom. The molecule has 0 amide bonds. The average molecular weight is 196 g/mol. The van der Waals surface area contributed by atoms with Crippen molar-refractivity contribution >= 4 is 12.2 Å². The van der Waals surface area contributed by atoms with Gasteiger partial charge in [-0.15, -0.1) is 0 Å². The molecule has 0 aliphatic rings. The third-order valence-electron chi connectivity index (χ3n) is 1.58. The fourth-order valence-corrected chi connectivity index (χ4v) is 1.15. The van der Waals surface area contributed by atoms with Crippen LogP contribution in [0.5, 0.6) is 0 Å². The van der Waals surface area contributed by atoms with Crippen molar-refractivity contribution in [2.45, 2.75) is 0 Å². The number of nitrogens with one attached hydrogen (secondary N) is 1. The van der Waals surface area contributed by atoms with Gasteiger partial charge in [0.15, 0.2) is 10.6 Å². The van der Waals surface area contributed by atoms with Crippen molar-refractivity contribution in [2.24, 2.45) is 0 Å². The first kappa shape index (κ1) is 8.12. The van der Waals surface area contributed by atoms with Gasteiger partial charge in [-0.3, -0.25) is 0 Å². The van der Waals surface area contributed by atoms with Gasteiger partial charge in [0.05, 0.1) is 24.4 Å². The maximum absolute atomic E-state index is 13.2. The van der Waals surface area contributed by atoms with E-state index >= 15 is 0 Å². The van der Waals surface area contributed by atoms with Crippen LogP contribution in [0.2, 0.25) is 0 Å².